The van der Waals surface area contributed by atoms with Crippen molar-refractivity contribution in [2.45, 2.75) is 26.9 Å². The third-order valence-electron chi connectivity index (χ3n) is 5.07. The zero-order valence-electron chi connectivity index (χ0n) is 18.0. The Bertz CT molecular complexity index is 1160. The first-order valence-electron chi connectivity index (χ1n) is 9.69. The first-order valence-corrected chi connectivity index (χ1v) is 10.1. The van der Waals surface area contributed by atoms with E-state index in [1.54, 1.807) is 18.2 Å². The lowest BCUT2D eigenvalue weighted by Crippen LogP contribution is -2.54. The Morgan fingerprint density at radius 1 is 1.19 bits per heavy atom. The van der Waals surface area contributed by atoms with Crippen LogP contribution < -0.4 is 19.7 Å². The van der Waals surface area contributed by atoms with Gasteiger partial charge in [0, 0.05) is 0 Å². The van der Waals surface area contributed by atoms with Crippen molar-refractivity contribution in [2.75, 3.05) is 12.0 Å². The summed E-state index contributed by atoms with van der Waals surface area (Å²) in [7, 11) is 1.41. The first kappa shape index (κ1) is 23.0. The molecule has 0 aliphatic carbocycles. The van der Waals surface area contributed by atoms with Crippen LogP contribution >= 0.6 is 12.2 Å². The molecule has 166 valence electrons. The molecule has 1 fully saturated rings. The van der Waals surface area contributed by atoms with Crippen LogP contribution in [0.25, 0.3) is 6.08 Å². The largest absolute Gasteiger partial charge is 0.493 e. The second kappa shape index (κ2) is 9.19. The molecule has 2 aromatic rings. The van der Waals surface area contributed by atoms with Gasteiger partial charge in [-0.3, -0.25) is 19.8 Å². The lowest BCUT2D eigenvalue weighted by Gasteiger charge is -2.30. The van der Waals surface area contributed by atoms with Crippen molar-refractivity contribution in [3.05, 3.63) is 58.7 Å². The van der Waals surface area contributed by atoms with Gasteiger partial charge in [0.1, 0.15) is 5.57 Å². The molecule has 1 aliphatic heterocycles. The molecule has 2 amide bonds. The number of amides is 2. The van der Waals surface area contributed by atoms with E-state index in [1.807, 2.05) is 26.0 Å². The maximum Gasteiger partial charge on any atom is 0.344 e. The maximum atomic E-state index is 13.2. The zero-order valence-corrected chi connectivity index (χ0v) is 18.8. The summed E-state index contributed by atoms with van der Waals surface area (Å²) in [4.78, 5) is 38.2. The van der Waals surface area contributed by atoms with Gasteiger partial charge < -0.3 is 14.6 Å². The van der Waals surface area contributed by atoms with Crippen LogP contribution in [0.15, 0.2) is 42.0 Å². The standard InChI is InChI=1S/C23H22N2O6S/c1-12-6-5-7-17(13(12)2)25-21(27)16(20(26)24-23(25)32)10-15-8-9-18(19(11-15)30-4)31-14(3)22(28)29/h5-11,14H,1-4H3,(H,28,29)(H,24,26,32)/b16-10+/t14-/m1/s1. The minimum absolute atomic E-state index is 0.00911. The summed E-state index contributed by atoms with van der Waals surface area (Å²) in [6, 6.07) is 10.2. The van der Waals surface area contributed by atoms with Crippen molar-refractivity contribution < 1.29 is 29.0 Å². The van der Waals surface area contributed by atoms with Gasteiger partial charge in [-0.15, -0.1) is 0 Å². The number of hydrogen-bond acceptors (Lipinski definition) is 6. The number of methoxy groups -OCH3 is 1. The molecule has 0 unspecified atom stereocenters. The SMILES string of the molecule is COc1cc(/C=C2\C(=O)NC(=S)N(c3cccc(C)c3C)C2=O)ccc1O[C@H](C)C(=O)O. The normalized spacial score (nSPS) is 16.1. The van der Waals surface area contributed by atoms with E-state index in [-0.39, 0.29) is 22.2 Å². The van der Waals surface area contributed by atoms with Crippen molar-refractivity contribution in [1.82, 2.24) is 5.32 Å². The number of nitrogens with one attached hydrogen (secondary N) is 1. The fraction of sp³-hybridized carbons (Fsp3) is 0.217. The highest BCUT2D eigenvalue weighted by Crippen LogP contribution is 2.31. The minimum Gasteiger partial charge on any atom is -0.493 e. The molecule has 1 atom stereocenters. The number of thiocarbonyl (C=S) groups is 1. The zero-order chi connectivity index (χ0) is 23.6. The van der Waals surface area contributed by atoms with E-state index >= 15 is 0 Å². The highest BCUT2D eigenvalue weighted by Gasteiger charge is 2.35. The molecule has 0 radical (unpaired) electrons. The number of rotatable bonds is 6. The van der Waals surface area contributed by atoms with Crippen molar-refractivity contribution in [2.24, 2.45) is 0 Å². The van der Waals surface area contributed by atoms with E-state index in [2.05, 4.69) is 5.32 Å². The molecule has 0 aromatic heterocycles. The number of ether oxygens (including phenoxy) is 2. The first-order chi connectivity index (χ1) is 15.1. The Labute approximate surface area is 190 Å². The molecule has 8 nitrogen and oxygen atoms in total. The van der Waals surface area contributed by atoms with Crippen LogP contribution in [-0.2, 0) is 14.4 Å². The maximum absolute atomic E-state index is 13.2. The Morgan fingerprint density at radius 2 is 1.91 bits per heavy atom. The number of carboxylic acid groups (broad SMARTS) is 1. The number of carbonyl (C=O) groups is 3. The van der Waals surface area contributed by atoms with E-state index in [9.17, 15) is 14.4 Å². The quantitative estimate of drug-likeness (QED) is 0.393. The molecule has 1 saturated heterocycles. The van der Waals surface area contributed by atoms with Gasteiger partial charge >= 0.3 is 5.97 Å². The van der Waals surface area contributed by atoms with E-state index in [0.29, 0.717) is 11.3 Å². The predicted octanol–water partition coefficient (Wildman–Crippen LogP) is 3.00. The third kappa shape index (κ3) is 4.47. The van der Waals surface area contributed by atoms with Crippen LogP contribution in [0.4, 0.5) is 5.69 Å². The second-order valence-corrected chi connectivity index (χ2v) is 7.57. The van der Waals surface area contributed by atoms with Gasteiger partial charge in [-0.05, 0) is 74.0 Å². The van der Waals surface area contributed by atoms with Gasteiger partial charge in [-0.1, -0.05) is 18.2 Å². The molecule has 2 aromatic carbocycles. The van der Waals surface area contributed by atoms with Gasteiger partial charge in [-0.2, -0.15) is 0 Å². The predicted molar refractivity (Wildman–Crippen MR) is 123 cm³/mol. The smallest absolute Gasteiger partial charge is 0.344 e. The number of aliphatic carboxylic acids is 1. The van der Waals surface area contributed by atoms with E-state index in [4.69, 9.17) is 26.8 Å². The Balaban J connectivity index is 1.99. The molecule has 2 N–H and O–H groups in total. The highest BCUT2D eigenvalue weighted by molar-refractivity contribution is 7.80. The molecule has 0 spiro atoms. The fourth-order valence-electron chi connectivity index (χ4n) is 3.13. The van der Waals surface area contributed by atoms with Gasteiger partial charge in [0.15, 0.2) is 22.7 Å². The van der Waals surface area contributed by atoms with Crippen LogP contribution in [0.2, 0.25) is 0 Å². The number of hydrogen-bond donors (Lipinski definition) is 2. The average Bonchev–Trinajstić information content (AvgIpc) is 2.74. The average molecular weight is 455 g/mol. The summed E-state index contributed by atoms with van der Waals surface area (Å²) in [6.07, 6.45) is 0.343. The van der Waals surface area contributed by atoms with Crippen LogP contribution in [0.3, 0.4) is 0 Å². The molecule has 1 aliphatic rings. The summed E-state index contributed by atoms with van der Waals surface area (Å²) in [5.41, 5.74) is 2.83. The van der Waals surface area contributed by atoms with Gasteiger partial charge in [0.2, 0.25) is 0 Å². The fourth-order valence-corrected chi connectivity index (χ4v) is 3.41. The lowest BCUT2D eigenvalue weighted by atomic mass is 10.0. The second-order valence-electron chi connectivity index (χ2n) is 7.19. The summed E-state index contributed by atoms with van der Waals surface area (Å²) in [5.74, 6) is -1.79. The molecule has 3 rings (SSSR count). The van der Waals surface area contributed by atoms with Crippen molar-refractivity contribution in [3.63, 3.8) is 0 Å². The van der Waals surface area contributed by atoms with Gasteiger partial charge in [-0.25, -0.2) is 4.79 Å². The summed E-state index contributed by atoms with van der Waals surface area (Å²) >= 11 is 5.26. The summed E-state index contributed by atoms with van der Waals surface area (Å²) in [5, 5.41) is 11.6. The van der Waals surface area contributed by atoms with Gasteiger partial charge in [0.05, 0.1) is 12.8 Å². The lowest BCUT2D eigenvalue weighted by molar-refractivity contribution is -0.144. The van der Waals surface area contributed by atoms with E-state index in [0.717, 1.165) is 11.1 Å². The molecular formula is C23H22N2O6S. The number of aryl methyl sites for hydroxylation is 1. The molecule has 9 heteroatoms. The van der Waals surface area contributed by atoms with Crippen molar-refractivity contribution in [3.8, 4) is 11.5 Å². The number of anilines is 1. The Morgan fingerprint density at radius 3 is 2.56 bits per heavy atom. The summed E-state index contributed by atoms with van der Waals surface area (Å²) < 4.78 is 10.7. The molecule has 32 heavy (non-hydrogen) atoms. The van der Waals surface area contributed by atoms with Crippen LogP contribution in [-0.4, -0.2) is 41.2 Å². The number of carboxylic acids is 1. The van der Waals surface area contributed by atoms with Gasteiger partial charge in [0.25, 0.3) is 11.8 Å². The summed E-state index contributed by atoms with van der Waals surface area (Å²) in [6.45, 7) is 5.20. The Kier molecular flexibility index (Phi) is 6.59. The highest BCUT2D eigenvalue weighted by atomic mass is 32.1. The number of nitrogens with zero attached hydrogens (tertiary/aromatic N) is 1. The van der Waals surface area contributed by atoms with Crippen molar-refractivity contribution >= 4 is 46.9 Å². The molecule has 1 heterocycles. The van der Waals surface area contributed by atoms with Crippen LogP contribution in [0, 0.1) is 13.8 Å². The van der Waals surface area contributed by atoms with Crippen molar-refractivity contribution in [1.29, 1.82) is 0 Å². The van der Waals surface area contributed by atoms with E-state index < -0.39 is 23.9 Å². The minimum atomic E-state index is -1.12. The van der Waals surface area contributed by atoms with E-state index in [1.165, 1.54) is 31.1 Å². The van der Waals surface area contributed by atoms with Crippen LogP contribution in [0.1, 0.15) is 23.6 Å². The van der Waals surface area contributed by atoms with Crippen LogP contribution in [0.5, 0.6) is 11.5 Å². The third-order valence-corrected chi connectivity index (χ3v) is 5.35. The molecular weight excluding hydrogens is 432 g/mol. The number of carbonyl (C=O) groups excluding carboxylic acids is 2. The molecule has 0 bridgehead atoms. The monoisotopic (exact) mass is 454 g/mol. The topological polar surface area (TPSA) is 105 Å². The number of benzene rings is 2. The Hall–Kier alpha value is -3.72. The molecule has 0 saturated carbocycles.